The Hall–Kier alpha value is -3.29. The Balaban J connectivity index is 1.24. The van der Waals surface area contributed by atoms with Gasteiger partial charge in [0.1, 0.15) is 10.7 Å². The van der Waals surface area contributed by atoms with Crippen molar-refractivity contribution in [1.82, 2.24) is 14.9 Å². The van der Waals surface area contributed by atoms with E-state index in [1.807, 2.05) is 66.0 Å². The molecule has 1 aliphatic heterocycles. The minimum atomic E-state index is -0.0952. The highest BCUT2D eigenvalue weighted by atomic mass is 32.1. The summed E-state index contributed by atoms with van der Waals surface area (Å²) in [4.78, 5) is 36.1. The Morgan fingerprint density at radius 2 is 1.75 bits per heavy atom. The van der Waals surface area contributed by atoms with E-state index in [2.05, 4.69) is 15.2 Å². The largest absolute Gasteiger partial charge is 0.326 e. The standard InChI is InChI=1S/C25H24N4O2S/c30-23(26-19-9-5-2-6-10-19)18-11-13-29(14-12-18)15-21-27-24(31)22-20(16-32-25(22)28-21)17-7-3-1-4-8-17/h1-10,16,18H,11-15H2,(H,26,30)(H,27,28,31). The predicted molar refractivity (Wildman–Crippen MR) is 129 cm³/mol. The quantitative estimate of drug-likeness (QED) is 0.475. The van der Waals surface area contributed by atoms with Gasteiger partial charge in [0.2, 0.25) is 5.91 Å². The lowest BCUT2D eigenvalue weighted by Gasteiger charge is -2.30. The van der Waals surface area contributed by atoms with Gasteiger partial charge in [-0.3, -0.25) is 14.5 Å². The molecule has 0 spiro atoms. The number of H-pyrrole nitrogens is 1. The summed E-state index contributed by atoms with van der Waals surface area (Å²) in [5.41, 5.74) is 2.69. The van der Waals surface area contributed by atoms with E-state index >= 15 is 0 Å². The summed E-state index contributed by atoms with van der Waals surface area (Å²) in [5, 5.41) is 5.66. The molecule has 2 aromatic carbocycles. The highest BCUT2D eigenvalue weighted by Gasteiger charge is 2.25. The highest BCUT2D eigenvalue weighted by Crippen LogP contribution is 2.30. The number of hydrogen-bond acceptors (Lipinski definition) is 5. The van der Waals surface area contributed by atoms with Crippen molar-refractivity contribution in [2.75, 3.05) is 18.4 Å². The van der Waals surface area contributed by atoms with Crippen molar-refractivity contribution in [1.29, 1.82) is 0 Å². The maximum atomic E-state index is 12.9. The molecule has 0 bridgehead atoms. The first kappa shape index (κ1) is 20.6. The number of aromatic amines is 1. The second kappa shape index (κ2) is 9.06. The molecule has 2 N–H and O–H groups in total. The molecule has 162 valence electrons. The molecule has 5 rings (SSSR count). The van der Waals surface area contributed by atoms with Crippen molar-refractivity contribution in [2.24, 2.45) is 5.92 Å². The Morgan fingerprint density at radius 3 is 2.47 bits per heavy atom. The van der Waals surface area contributed by atoms with E-state index in [4.69, 9.17) is 4.98 Å². The zero-order valence-electron chi connectivity index (χ0n) is 17.6. The van der Waals surface area contributed by atoms with Gasteiger partial charge in [-0.15, -0.1) is 11.3 Å². The van der Waals surface area contributed by atoms with E-state index in [9.17, 15) is 9.59 Å². The molecule has 32 heavy (non-hydrogen) atoms. The fraction of sp³-hybridized carbons (Fsp3) is 0.240. The number of thiophene rings is 1. The van der Waals surface area contributed by atoms with Gasteiger partial charge in [-0.25, -0.2) is 4.98 Å². The normalized spacial score (nSPS) is 15.1. The van der Waals surface area contributed by atoms with Crippen LogP contribution in [0.2, 0.25) is 0 Å². The fourth-order valence-corrected chi connectivity index (χ4v) is 5.20. The number of nitrogens with one attached hydrogen (secondary N) is 2. The van der Waals surface area contributed by atoms with Gasteiger partial charge < -0.3 is 10.3 Å². The number of aromatic nitrogens is 2. The summed E-state index contributed by atoms with van der Waals surface area (Å²) in [7, 11) is 0. The van der Waals surface area contributed by atoms with Crippen molar-refractivity contribution in [3.63, 3.8) is 0 Å². The molecular formula is C25H24N4O2S. The summed E-state index contributed by atoms with van der Waals surface area (Å²) in [6, 6.07) is 19.5. The molecule has 6 nitrogen and oxygen atoms in total. The summed E-state index contributed by atoms with van der Waals surface area (Å²) < 4.78 is 0. The third kappa shape index (κ3) is 4.35. The van der Waals surface area contributed by atoms with Crippen LogP contribution in [0.25, 0.3) is 21.3 Å². The zero-order valence-corrected chi connectivity index (χ0v) is 18.4. The number of fused-ring (bicyclic) bond motifs is 1. The Bertz CT molecular complexity index is 1280. The van der Waals surface area contributed by atoms with Gasteiger partial charge in [0.05, 0.1) is 11.9 Å². The number of likely N-dealkylation sites (tertiary alicyclic amines) is 1. The van der Waals surface area contributed by atoms with Crippen LogP contribution >= 0.6 is 11.3 Å². The Kier molecular flexibility index (Phi) is 5.83. The van der Waals surface area contributed by atoms with Gasteiger partial charge >= 0.3 is 0 Å². The second-order valence-corrected chi connectivity index (χ2v) is 8.97. The summed E-state index contributed by atoms with van der Waals surface area (Å²) in [6.07, 6.45) is 1.59. The van der Waals surface area contributed by atoms with Crippen molar-refractivity contribution in [3.05, 3.63) is 82.2 Å². The van der Waals surface area contributed by atoms with Crippen LogP contribution < -0.4 is 10.9 Å². The number of benzene rings is 2. The lowest BCUT2D eigenvalue weighted by Crippen LogP contribution is -2.38. The van der Waals surface area contributed by atoms with Crippen molar-refractivity contribution in [3.8, 4) is 11.1 Å². The molecule has 0 radical (unpaired) electrons. The number of rotatable bonds is 5. The van der Waals surface area contributed by atoms with Crippen molar-refractivity contribution >= 4 is 33.1 Å². The number of amides is 1. The Morgan fingerprint density at radius 1 is 1.06 bits per heavy atom. The minimum absolute atomic E-state index is 0.00618. The van der Waals surface area contributed by atoms with Crippen LogP contribution in [-0.4, -0.2) is 33.9 Å². The van der Waals surface area contributed by atoms with Gasteiger partial charge in [-0.2, -0.15) is 0 Å². The van der Waals surface area contributed by atoms with Crippen LogP contribution in [0, 0.1) is 5.92 Å². The molecule has 7 heteroatoms. The summed E-state index contributed by atoms with van der Waals surface area (Å²) >= 11 is 1.50. The minimum Gasteiger partial charge on any atom is -0.326 e. The molecule has 0 aliphatic carbocycles. The second-order valence-electron chi connectivity index (χ2n) is 8.11. The van der Waals surface area contributed by atoms with Gasteiger partial charge in [0.25, 0.3) is 5.56 Å². The number of piperidine rings is 1. The van der Waals surface area contributed by atoms with Crippen molar-refractivity contribution in [2.45, 2.75) is 19.4 Å². The van der Waals surface area contributed by atoms with Gasteiger partial charge in [-0.1, -0.05) is 48.5 Å². The first-order valence-electron chi connectivity index (χ1n) is 10.8. The predicted octanol–water partition coefficient (Wildman–Crippen LogP) is 4.50. The number of para-hydroxylation sites is 1. The number of carbonyl (C=O) groups is 1. The molecule has 0 unspecified atom stereocenters. The number of nitrogens with zero attached hydrogens (tertiary/aromatic N) is 2. The monoisotopic (exact) mass is 444 g/mol. The third-order valence-corrected chi connectivity index (χ3v) is 6.82. The first-order chi connectivity index (χ1) is 15.7. The third-order valence-electron chi connectivity index (χ3n) is 5.95. The molecule has 3 heterocycles. The lowest BCUT2D eigenvalue weighted by molar-refractivity contribution is -0.121. The zero-order chi connectivity index (χ0) is 21.9. The Labute approximate surface area is 189 Å². The number of anilines is 1. The molecule has 1 saturated heterocycles. The first-order valence-corrected chi connectivity index (χ1v) is 11.7. The van der Waals surface area contributed by atoms with E-state index in [1.54, 1.807) is 0 Å². The van der Waals surface area contributed by atoms with E-state index in [0.717, 1.165) is 47.6 Å². The molecule has 4 aromatic rings. The maximum absolute atomic E-state index is 12.9. The fourth-order valence-electron chi connectivity index (χ4n) is 4.23. The smallest absolute Gasteiger partial charge is 0.260 e. The van der Waals surface area contributed by atoms with Gasteiger partial charge in [-0.05, 0) is 43.6 Å². The average molecular weight is 445 g/mol. The van der Waals surface area contributed by atoms with Gasteiger partial charge in [0.15, 0.2) is 0 Å². The molecular weight excluding hydrogens is 420 g/mol. The van der Waals surface area contributed by atoms with Crippen LogP contribution in [0.5, 0.6) is 0 Å². The van der Waals surface area contributed by atoms with Crippen LogP contribution in [-0.2, 0) is 11.3 Å². The average Bonchev–Trinajstić information content (AvgIpc) is 3.25. The molecule has 1 aliphatic rings. The molecule has 1 fully saturated rings. The number of carbonyl (C=O) groups excluding carboxylic acids is 1. The highest BCUT2D eigenvalue weighted by molar-refractivity contribution is 7.17. The van der Waals surface area contributed by atoms with E-state index < -0.39 is 0 Å². The van der Waals surface area contributed by atoms with E-state index in [1.165, 1.54) is 11.3 Å². The summed E-state index contributed by atoms with van der Waals surface area (Å²) in [5.74, 6) is 0.763. The lowest BCUT2D eigenvalue weighted by atomic mass is 9.96. The van der Waals surface area contributed by atoms with Crippen LogP contribution in [0.3, 0.4) is 0 Å². The van der Waals surface area contributed by atoms with Crippen LogP contribution in [0.4, 0.5) is 5.69 Å². The topological polar surface area (TPSA) is 78.1 Å². The molecule has 2 aromatic heterocycles. The van der Waals surface area contributed by atoms with E-state index in [-0.39, 0.29) is 17.4 Å². The van der Waals surface area contributed by atoms with Crippen LogP contribution in [0.15, 0.2) is 70.8 Å². The van der Waals surface area contributed by atoms with Crippen LogP contribution in [0.1, 0.15) is 18.7 Å². The number of hydrogen-bond donors (Lipinski definition) is 2. The SMILES string of the molecule is O=C(Nc1ccccc1)C1CCN(Cc2nc3scc(-c4ccccc4)c3c(=O)[nH]2)CC1. The van der Waals surface area contributed by atoms with Crippen molar-refractivity contribution < 1.29 is 4.79 Å². The van der Waals surface area contributed by atoms with Gasteiger partial charge in [0, 0.05) is 22.5 Å². The molecule has 1 amide bonds. The molecule has 0 atom stereocenters. The maximum Gasteiger partial charge on any atom is 0.260 e. The van der Waals surface area contributed by atoms with E-state index in [0.29, 0.717) is 17.8 Å². The summed E-state index contributed by atoms with van der Waals surface area (Å²) in [6.45, 7) is 2.18. The molecule has 0 saturated carbocycles.